The van der Waals surface area contributed by atoms with E-state index in [1.54, 1.807) is 17.9 Å². The van der Waals surface area contributed by atoms with E-state index >= 15 is 0 Å². The average molecular weight is 454 g/mol. The summed E-state index contributed by atoms with van der Waals surface area (Å²) in [6.45, 7) is 2.77. The van der Waals surface area contributed by atoms with E-state index in [1.807, 2.05) is 48.0 Å². The van der Waals surface area contributed by atoms with Gasteiger partial charge in [0.1, 0.15) is 17.7 Å². The van der Waals surface area contributed by atoms with Crippen LogP contribution in [0.2, 0.25) is 0 Å². The van der Waals surface area contributed by atoms with Crippen molar-refractivity contribution < 1.29 is 9.53 Å². The summed E-state index contributed by atoms with van der Waals surface area (Å²) in [5.41, 5.74) is 2.63. The third-order valence-corrected chi connectivity index (χ3v) is 5.63. The van der Waals surface area contributed by atoms with Crippen molar-refractivity contribution in [1.82, 2.24) is 14.3 Å². The smallest absolute Gasteiger partial charge is 0.260 e. The summed E-state index contributed by atoms with van der Waals surface area (Å²) < 4.78 is 9.56. The van der Waals surface area contributed by atoms with E-state index in [-0.39, 0.29) is 12.0 Å². The average Bonchev–Trinajstić information content (AvgIpc) is 3.11. The summed E-state index contributed by atoms with van der Waals surface area (Å²) in [5.74, 6) is 0.784. The molecule has 0 unspecified atom stereocenters. The lowest BCUT2D eigenvalue weighted by atomic mass is 10.1. The third kappa shape index (κ3) is 3.46. The third-order valence-electron chi connectivity index (χ3n) is 5.01. The van der Waals surface area contributed by atoms with Gasteiger partial charge in [0.25, 0.3) is 5.56 Å². The van der Waals surface area contributed by atoms with Crippen molar-refractivity contribution in [2.45, 2.75) is 26.4 Å². The Hall–Kier alpha value is -2.93. The van der Waals surface area contributed by atoms with Gasteiger partial charge in [0.15, 0.2) is 0 Å². The molecule has 0 saturated carbocycles. The van der Waals surface area contributed by atoms with Crippen LogP contribution in [0, 0.1) is 6.92 Å². The molecule has 0 amide bonds. The summed E-state index contributed by atoms with van der Waals surface area (Å²) >= 11 is 3.62. The van der Waals surface area contributed by atoms with Crippen LogP contribution in [0.4, 0.5) is 0 Å². The molecule has 0 radical (unpaired) electrons. The second-order valence-electron chi connectivity index (χ2n) is 6.97. The molecule has 7 heteroatoms. The van der Waals surface area contributed by atoms with Crippen LogP contribution in [0.3, 0.4) is 0 Å². The number of benzene rings is 2. The van der Waals surface area contributed by atoms with E-state index in [4.69, 9.17) is 4.74 Å². The van der Waals surface area contributed by atoms with Gasteiger partial charge in [-0.25, -0.2) is 4.68 Å². The second-order valence-corrected chi connectivity index (χ2v) is 7.82. The highest BCUT2D eigenvalue weighted by Crippen LogP contribution is 2.31. The molecule has 2 heterocycles. The van der Waals surface area contributed by atoms with Crippen LogP contribution in [0.5, 0.6) is 5.75 Å². The van der Waals surface area contributed by atoms with E-state index in [2.05, 4.69) is 21.0 Å². The Morgan fingerprint density at radius 2 is 1.93 bits per heavy atom. The first kappa shape index (κ1) is 19.4. The topological polar surface area (TPSA) is 66.1 Å². The maximum Gasteiger partial charge on any atom is 0.260 e. The van der Waals surface area contributed by atoms with Crippen molar-refractivity contribution in [3.8, 4) is 5.75 Å². The first-order valence-corrected chi connectivity index (χ1v) is 10.1. The number of hydrogen-bond acceptors (Lipinski definition) is 4. The van der Waals surface area contributed by atoms with Crippen molar-refractivity contribution in [3.05, 3.63) is 68.5 Å². The Morgan fingerprint density at radius 1 is 1.17 bits per heavy atom. The molecule has 0 aliphatic carbocycles. The molecule has 0 N–H and O–H groups in total. The SMILES string of the molecule is COc1ccc(Cn2ncc3c4c(Br)cc(C)cc4c(=O)n(CCC=O)c32)cc1. The van der Waals surface area contributed by atoms with Gasteiger partial charge in [0.05, 0.1) is 19.9 Å². The molecule has 0 aliphatic heterocycles. The fourth-order valence-electron chi connectivity index (χ4n) is 3.68. The van der Waals surface area contributed by atoms with Crippen LogP contribution in [-0.2, 0) is 17.9 Å². The zero-order chi connectivity index (χ0) is 20.5. The Balaban J connectivity index is 1.96. The standard InChI is InChI=1S/C22H20BrN3O3/c1-14-10-17-20(19(23)11-14)18-12-24-26(13-15-4-6-16(29-2)7-5-15)21(18)25(22(17)28)8-3-9-27/h4-7,9-12H,3,8,13H2,1-2H3. The lowest BCUT2D eigenvalue weighted by molar-refractivity contribution is -0.108. The van der Waals surface area contributed by atoms with Gasteiger partial charge in [-0.2, -0.15) is 5.10 Å². The predicted molar refractivity (Wildman–Crippen MR) is 117 cm³/mol. The van der Waals surface area contributed by atoms with Crippen molar-refractivity contribution in [1.29, 1.82) is 0 Å². The van der Waals surface area contributed by atoms with Gasteiger partial charge >= 0.3 is 0 Å². The number of carbonyl (C=O) groups excluding carboxylic acids is 1. The minimum Gasteiger partial charge on any atom is -0.497 e. The zero-order valence-electron chi connectivity index (χ0n) is 16.2. The number of pyridine rings is 1. The van der Waals surface area contributed by atoms with Gasteiger partial charge in [-0.3, -0.25) is 9.36 Å². The molecular weight excluding hydrogens is 434 g/mol. The second kappa shape index (κ2) is 7.83. The molecular formula is C22H20BrN3O3. The van der Waals surface area contributed by atoms with E-state index in [9.17, 15) is 9.59 Å². The summed E-state index contributed by atoms with van der Waals surface area (Å²) in [4.78, 5) is 24.3. The quantitative estimate of drug-likeness (QED) is 0.412. The zero-order valence-corrected chi connectivity index (χ0v) is 17.8. The lowest BCUT2D eigenvalue weighted by Crippen LogP contribution is -2.23. The molecule has 0 bridgehead atoms. The molecule has 2 aromatic carbocycles. The number of methoxy groups -OCH3 is 1. The van der Waals surface area contributed by atoms with Gasteiger partial charge < -0.3 is 9.53 Å². The van der Waals surface area contributed by atoms with Crippen LogP contribution < -0.4 is 10.3 Å². The highest BCUT2D eigenvalue weighted by molar-refractivity contribution is 9.10. The van der Waals surface area contributed by atoms with Gasteiger partial charge in [-0.05, 0) is 42.3 Å². The van der Waals surface area contributed by atoms with E-state index in [0.717, 1.165) is 38.4 Å². The Morgan fingerprint density at radius 3 is 2.62 bits per heavy atom. The van der Waals surface area contributed by atoms with Crippen LogP contribution in [0.25, 0.3) is 21.8 Å². The van der Waals surface area contributed by atoms with Crippen LogP contribution in [-0.4, -0.2) is 27.7 Å². The van der Waals surface area contributed by atoms with Crippen molar-refractivity contribution in [3.63, 3.8) is 0 Å². The van der Waals surface area contributed by atoms with Crippen molar-refractivity contribution >= 4 is 44.0 Å². The van der Waals surface area contributed by atoms with E-state index in [0.29, 0.717) is 24.1 Å². The monoisotopic (exact) mass is 453 g/mol. The van der Waals surface area contributed by atoms with Gasteiger partial charge in [0.2, 0.25) is 0 Å². The number of halogens is 1. The summed E-state index contributed by atoms with van der Waals surface area (Å²) in [6.07, 6.45) is 2.89. The normalized spacial score (nSPS) is 11.3. The molecule has 0 aliphatic rings. The number of aromatic nitrogens is 3. The maximum absolute atomic E-state index is 13.3. The lowest BCUT2D eigenvalue weighted by Gasteiger charge is -2.13. The van der Waals surface area contributed by atoms with Gasteiger partial charge in [-0.15, -0.1) is 0 Å². The molecule has 2 aromatic heterocycles. The summed E-state index contributed by atoms with van der Waals surface area (Å²) in [6, 6.07) is 11.6. The van der Waals surface area contributed by atoms with Crippen molar-refractivity contribution in [2.75, 3.05) is 7.11 Å². The highest BCUT2D eigenvalue weighted by Gasteiger charge is 2.18. The van der Waals surface area contributed by atoms with Crippen LogP contribution in [0.1, 0.15) is 17.5 Å². The van der Waals surface area contributed by atoms with Crippen LogP contribution >= 0.6 is 15.9 Å². The summed E-state index contributed by atoms with van der Waals surface area (Å²) in [7, 11) is 1.63. The number of aryl methyl sites for hydroxylation is 2. The van der Waals surface area contributed by atoms with Gasteiger partial charge in [-0.1, -0.05) is 28.1 Å². The number of nitrogens with zero attached hydrogens (tertiary/aromatic N) is 3. The molecule has 4 aromatic rings. The molecule has 0 spiro atoms. The molecule has 0 saturated heterocycles. The van der Waals surface area contributed by atoms with E-state index in [1.165, 1.54) is 0 Å². The first-order valence-electron chi connectivity index (χ1n) is 9.28. The fraction of sp³-hybridized carbons (Fsp3) is 0.227. The number of ether oxygens (including phenoxy) is 1. The number of fused-ring (bicyclic) bond motifs is 3. The first-order chi connectivity index (χ1) is 14.0. The number of hydrogen-bond donors (Lipinski definition) is 0. The fourth-order valence-corrected chi connectivity index (χ4v) is 4.46. The van der Waals surface area contributed by atoms with Crippen molar-refractivity contribution in [2.24, 2.45) is 0 Å². The Bertz CT molecular complexity index is 1270. The number of rotatable bonds is 6. The van der Waals surface area contributed by atoms with Crippen LogP contribution in [0.15, 0.2) is 51.9 Å². The predicted octanol–water partition coefficient (Wildman–Crippen LogP) is 4.07. The van der Waals surface area contributed by atoms with E-state index < -0.39 is 0 Å². The largest absolute Gasteiger partial charge is 0.497 e. The van der Waals surface area contributed by atoms with Gasteiger partial charge in [0, 0.05) is 33.6 Å². The highest BCUT2D eigenvalue weighted by atomic mass is 79.9. The molecule has 0 fully saturated rings. The molecule has 29 heavy (non-hydrogen) atoms. The minimum absolute atomic E-state index is 0.116. The molecule has 148 valence electrons. The molecule has 6 nitrogen and oxygen atoms in total. The number of aldehydes is 1. The minimum atomic E-state index is -0.116. The Kier molecular flexibility index (Phi) is 5.24. The molecule has 0 atom stereocenters. The number of carbonyl (C=O) groups is 1. The Labute approximate surface area is 175 Å². The summed E-state index contributed by atoms with van der Waals surface area (Å²) in [5, 5.41) is 6.92. The maximum atomic E-state index is 13.3. The molecule has 4 rings (SSSR count).